The van der Waals surface area contributed by atoms with Gasteiger partial charge in [-0.15, -0.1) is 0 Å². The van der Waals surface area contributed by atoms with Crippen LogP contribution in [-0.4, -0.2) is 81.7 Å². The van der Waals surface area contributed by atoms with Crippen molar-refractivity contribution in [1.29, 1.82) is 0 Å². The number of methoxy groups -OCH3 is 2. The number of nitrogens with two attached hydrogens (primary N) is 1. The first-order chi connectivity index (χ1) is 13.0. The van der Waals surface area contributed by atoms with Crippen molar-refractivity contribution in [3.05, 3.63) is 17.7 Å². The van der Waals surface area contributed by atoms with E-state index in [0.29, 0.717) is 61.7 Å². The fourth-order valence-electron chi connectivity index (χ4n) is 2.77. The predicted molar refractivity (Wildman–Crippen MR) is 99.7 cm³/mol. The van der Waals surface area contributed by atoms with Gasteiger partial charge in [-0.1, -0.05) is 0 Å². The number of hydrogen-bond donors (Lipinski definition) is 2. The summed E-state index contributed by atoms with van der Waals surface area (Å²) in [4.78, 5) is 14.5. The smallest absolute Gasteiger partial charge is 0.254 e. The number of quaternary nitrogens is 1. The molecule has 0 saturated carbocycles. The van der Waals surface area contributed by atoms with Gasteiger partial charge >= 0.3 is 0 Å². The van der Waals surface area contributed by atoms with E-state index in [2.05, 4.69) is 13.8 Å². The van der Waals surface area contributed by atoms with Crippen LogP contribution in [0.2, 0.25) is 0 Å². The number of ether oxygens (including phenoxy) is 4. The third kappa shape index (κ3) is 6.70. The molecule has 1 aliphatic rings. The minimum atomic E-state index is -0.628. The first-order valence-electron chi connectivity index (χ1n) is 9.23. The van der Waals surface area contributed by atoms with Gasteiger partial charge < -0.3 is 46.7 Å². The highest BCUT2D eigenvalue weighted by molar-refractivity contribution is 5.95. The number of aliphatic hydroxyl groups excluding tert-OH is 1. The average Bonchev–Trinajstić information content (AvgIpc) is 2.69. The molecule has 28 heavy (non-hydrogen) atoms. The van der Waals surface area contributed by atoms with Gasteiger partial charge in [0.05, 0.1) is 33.5 Å². The van der Waals surface area contributed by atoms with Crippen LogP contribution in [0.4, 0.5) is 0 Å². The SMILES string of the molecule is COc1cc(C(=O)N2CCOCC2)cc(OC)c1OCC(O)C[NH2+]C(C)C.[Cl-]. The molecule has 1 heterocycles. The molecule has 1 aliphatic heterocycles. The molecule has 0 radical (unpaired) electrons. The van der Waals surface area contributed by atoms with E-state index < -0.39 is 6.10 Å². The number of amides is 1. The second kappa shape index (κ2) is 12.0. The molecule has 3 N–H and O–H groups in total. The van der Waals surface area contributed by atoms with E-state index in [-0.39, 0.29) is 24.9 Å². The Morgan fingerprint density at radius 3 is 2.29 bits per heavy atom. The summed E-state index contributed by atoms with van der Waals surface area (Å²) in [6.07, 6.45) is -0.628. The molecule has 8 nitrogen and oxygen atoms in total. The lowest BCUT2D eigenvalue weighted by Crippen LogP contribution is -3.00. The first-order valence-corrected chi connectivity index (χ1v) is 9.23. The molecule has 2 rings (SSSR count). The molecule has 1 fully saturated rings. The molecule has 0 spiro atoms. The summed E-state index contributed by atoms with van der Waals surface area (Å²) in [5, 5.41) is 12.1. The van der Waals surface area contributed by atoms with Crippen LogP contribution < -0.4 is 31.9 Å². The molecule has 1 aromatic rings. The number of aliphatic hydroxyl groups is 1. The molecule has 1 aromatic carbocycles. The van der Waals surface area contributed by atoms with E-state index in [1.807, 2.05) is 5.32 Å². The van der Waals surface area contributed by atoms with Gasteiger partial charge in [-0.05, 0) is 26.0 Å². The average molecular weight is 419 g/mol. The summed E-state index contributed by atoms with van der Waals surface area (Å²) in [5.41, 5.74) is 0.464. The maximum absolute atomic E-state index is 12.7. The zero-order valence-electron chi connectivity index (χ0n) is 16.9. The molecule has 1 atom stereocenters. The summed E-state index contributed by atoms with van der Waals surface area (Å²) < 4.78 is 21.9. The maximum atomic E-state index is 12.7. The fourth-order valence-corrected chi connectivity index (χ4v) is 2.77. The van der Waals surface area contributed by atoms with E-state index >= 15 is 0 Å². The lowest BCUT2D eigenvalue weighted by molar-refractivity contribution is -0.688. The number of morpholine rings is 1. The molecule has 1 saturated heterocycles. The molecule has 9 heteroatoms. The maximum Gasteiger partial charge on any atom is 0.254 e. The Labute approximate surface area is 172 Å². The highest BCUT2D eigenvalue weighted by atomic mass is 35.5. The van der Waals surface area contributed by atoms with Crippen molar-refractivity contribution >= 4 is 5.91 Å². The molecule has 160 valence electrons. The van der Waals surface area contributed by atoms with Gasteiger partial charge in [0.2, 0.25) is 5.75 Å². The van der Waals surface area contributed by atoms with Crippen molar-refractivity contribution in [2.24, 2.45) is 0 Å². The van der Waals surface area contributed by atoms with Gasteiger partial charge in [-0.3, -0.25) is 4.79 Å². The Hall–Kier alpha value is -1.74. The van der Waals surface area contributed by atoms with Gasteiger partial charge in [-0.2, -0.15) is 0 Å². The van der Waals surface area contributed by atoms with Crippen LogP contribution in [0.3, 0.4) is 0 Å². The van der Waals surface area contributed by atoms with Gasteiger partial charge in [0.15, 0.2) is 11.5 Å². The van der Waals surface area contributed by atoms with E-state index in [1.54, 1.807) is 17.0 Å². The van der Waals surface area contributed by atoms with Crippen LogP contribution in [0.15, 0.2) is 12.1 Å². The minimum Gasteiger partial charge on any atom is -1.00 e. The number of benzene rings is 1. The van der Waals surface area contributed by atoms with Crippen molar-refractivity contribution in [1.82, 2.24) is 4.90 Å². The van der Waals surface area contributed by atoms with Crippen LogP contribution in [0.25, 0.3) is 0 Å². The van der Waals surface area contributed by atoms with Crippen LogP contribution >= 0.6 is 0 Å². The molecule has 1 unspecified atom stereocenters. The lowest BCUT2D eigenvalue weighted by atomic mass is 10.1. The Morgan fingerprint density at radius 2 is 1.79 bits per heavy atom. The molecule has 0 aliphatic carbocycles. The zero-order chi connectivity index (χ0) is 19.8. The third-order valence-corrected chi connectivity index (χ3v) is 4.31. The predicted octanol–water partition coefficient (Wildman–Crippen LogP) is -3.11. The van der Waals surface area contributed by atoms with Gasteiger partial charge in [0.1, 0.15) is 19.3 Å². The molecule has 0 aromatic heterocycles. The summed E-state index contributed by atoms with van der Waals surface area (Å²) in [6.45, 7) is 6.94. The number of nitrogens with zero attached hydrogens (tertiary/aromatic N) is 1. The zero-order valence-corrected chi connectivity index (χ0v) is 17.7. The number of rotatable bonds is 9. The second-order valence-electron chi connectivity index (χ2n) is 6.79. The van der Waals surface area contributed by atoms with Crippen molar-refractivity contribution in [3.8, 4) is 17.2 Å². The van der Waals surface area contributed by atoms with Crippen molar-refractivity contribution in [2.75, 3.05) is 53.7 Å². The van der Waals surface area contributed by atoms with Gasteiger partial charge in [-0.25, -0.2) is 0 Å². The standard InChI is InChI=1S/C19H30N2O6.ClH/c1-13(2)20-11-15(22)12-27-18-16(24-3)9-14(10-17(18)25-4)19(23)21-5-7-26-8-6-21;/h9-10,13,15,20,22H,5-8,11-12H2,1-4H3;1H. The van der Waals surface area contributed by atoms with E-state index in [9.17, 15) is 9.90 Å². The lowest BCUT2D eigenvalue weighted by Gasteiger charge is -2.27. The highest BCUT2D eigenvalue weighted by Crippen LogP contribution is 2.39. The van der Waals surface area contributed by atoms with Crippen LogP contribution in [0.5, 0.6) is 17.2 Å². The summed E-state index contributed by atoms with van der Waals surface area (Å²) in [7, 11) is 3.02. The topological polar surface area (TPSA) is 94.1 Å². The van der Waals surface area contributed by atoms with Crippen LogP contribution in [-0.2, 0) is 4.74 Å². The number of carbonyl (C=O) groups is 1. The molecule has 1 amide bonds. The van der Waals surface area contributed by atoms with E-state index in [4.69, 9.17) is 18.9 Å². The summed E-state index contributed by atoms with van der Waals surface area (Å²) in [5.74, 6) is 1.06. The Morgan fingerprint density at radius 1 is 1.21 bits per heavy atom. The summed E-state index contributed by atoms with van der Waals surface area (Å²) >= 11 is 0. The number of halogens is 1. The highest BCUT2D eigenvalue weighted by Gasteiger charge is 2.23. The van der Waals surface area contributed by atoms with Crippen molar-refractivity contribution < 1.29 is 46.6 Å². The van der Waals surface area contributed by atoms with Gasteiger partial charge in [0, 0.05) is 18.7 Å². The number of carbonyl (C=O) groups excluding carboxylic acids is 1. The van der Waals surface area contributed by atoms with Crippen LogP contribution in [0, 0.1) is 0 Å². The molecular formula is C19H31ClN2O6. The Bertz CT molecular complexity index is 597. The minimum absolute atomic E-state index is 0. The monoisotopic (exact) mass is 418 g/mol. The normalized spacial score (nSPS) is 15.0. The fraction of sp³-hybridized carbons (Fsp3) is 0.632. The van der Waals surface area contributed by atoms with Crippen molar-refractivity contribution in [2.45, 2.75) is 26.0 Å². The van der Waals surface area contributed by atoms with Crippen molar-refractivity contribution in [3.63, 3.8) is 0 Å². The van der Waals surface area contributed by atoms with E-state index in [0.717, 1.165) is 0 Å². The second-order valence-corrected chi connectivity index (χ2v) is 6.79. The molecular weight excluding hydrogens is 388 g/mol. The van der Waals surface area contributed by atoms with Gasteiger partial charge in [0.25, 0.3) is 5.91 Å². The Balaban J connectivity index is 0.00000392. The summed E-state index contributed by atoms with van der Waals surface area (Å²) in [6, 6.07) is 3.68. The first kappa shape index (κ1) is 24.3. The molecule has 0 bridgehead atoms. The van der Waals surface area contributed by atoms with Crippen LogP contribution in [0.1, 0.15) is 24.2 Å². The number of hydrogen-bond acceptors (Lipinski definition) is 6. The Kier molecular flexibility index (Phi) is 10.4. The third-order valence-electron chi connectivity index (χ3n) is 4.31. The largest absolute Gasteiger partial charge is 1.00 e. The quantitative estimate of drug-likeness (QED) is 0.441. The van der Waals surface area contributed by atoms with E-state index in [1.165, 1.54) is 14.2 Å².